The smallest absolute Gasteiger partial charge is 0.159 e. The zero-order chi connectivity index (χ0) is 35.7. The lowest BCUT2D eigenvalue weighted by molar-refractivity contribution is 1.26. The minimum absolute atomic E-state index is 0.731. The first-order chi connectivity index (χ1) is 26.2. The van der Waals surface area contributed by atoms with E-state index in [9.17, 15) is 0 Å². The number of hydrogen-bond acceptors (Lipinski definition) is 8. The van der Waals surface area contributed by atoms with Crippen molar-refractivity contribution < 1.29 is 0 Å². The van der Waals surface area contributed by atoms with Crippen molar-refractivity contribution in [1.29, 1.82) is 0 Å². The molecule has 0 radical (unpaired) electrons. The van der Waals surface area contributed by atoms with Gasteiger partial charge in [0, 0.05) is 79.6 Å². The highest BCUT2D eigenvalue weighted by atomic mass is 32.1. The predicted octanol–water partition coefficient (Wildman–Crippen LogP) is 11.4. The Balaban J connectivity index is 1.10. The van der Waals surface area contributed by atoms with Crippen LogP contribution < -0.4 is 4.90 Å². The average molecular weight is 702 g/mol. The lowest BCUT2D eigenvalue weighted by Crippen LogP contribution is -2.10. The summed E-state index contributed by atoms with van der Waals surface area (Å²) in [5, 5.41) is 4.02. The normalized spacial score (nSPS) is 11.7. The SMILES string of the molecule is C=Nc1sc2ccccc2c1/C(=N\C)c1ccc(N(c2ccc(-c3ccc4cccnc4n3)cc2)c2ccc(-c3ccc4cccnc4n3)cc2)cc1. The minimum Gasteiger partial charge on any atom is -0.311 e. The van der Waals surface area contributed by atoms with E-state index in [1.54, 1.807) is 23.7 Å². The number of aliphatic imine (C=N–C) groups is 2. The number of hydrogen-bond donors (Lipinski definition) is 0. The van der Waals surface area contributed by atoms with Gasteiger partial charge in [0.05, 0.1) is 17.1 Å². The van der Waals surface area contributed by atoms with E-state index in [0.717, 1.165) is 93.6 Å². The summed E-state index contributed by atoms with van der Waals surface area (Å²) in [4.78, 5) is 30.0. The predicted molar refractivity (Wildman–Crippen MR) is 221 cm³/mol. The monoisotopic (exact) mass is 701 g/mol. The van der Waals surface area contributed by atoms with Crippen LogP contribution >= 0.6 is 11.3 Å². The van der Waals surface area contributed by atoms with E-state index >= 15 is 0 Å². The second-order valence-electron chi connectivity index (χ2n) is 12.5. The third-order valence-electron chi connectivity index (χ3n) is 9.35. The lowest BCUT2D eigenvalue weighted by Gasteiger charge is -2.26. The second-order valence-corrected chi connectivity index (χ2v) is 13.5. The van der Waals surface area contributed by atoms with Crippen LogP contribution in [0.3, 0.4) is 0 Å². The molecule has 5 aromatic heterocycles. The molecular weight excluding hydrogens is 671 g/mol. The van der Waals surface area contributed by atoms with Crippen LogP contribution in [-0.4, -0.2) is 39.4 Å². The Morgan fingerprint density at radius 2 is 1.11 bits per heavy atom. The maximum atomic E-state index is 4.82. The Labute approximate surface area is 310 Å². The van der Waals surface area contributed by atoms with Crippen LogP contribution in [0, 0.1) is 0 Å². The fourth-order valence-corrected chi connectivity index (χ4v) is 7.77. The van der Waals surface area contributed by atoms with E-state index in [1.165, 1.54) is 0 Å². The fraction of sp³-hybridized carbons (Fsp3) is 0.0222. The highest BCUT2D eigenvalue weighted by Crippen LogP contribution is 2.40. The van der Waals surface area contributed by atoms with E-state index in [2.05, 4.69) is 130 Å². The molecule has 4 aromatic carbocycles. The number of fused-ring (bicyclic) bond motifs is 3. The molecule has 0 saturated heterocycles. The first kappa shape index (κ1) is 32.0. The molecule has 9 rings (SSSR count). The van der Waals surface area contributed by atoms with E-state index in [4.69, 9.17) is 15.0 Å². The Bertz CT molecular complexity index is 2680. The molecule has 0 spiro atoms. The van der Waals surface area contributed by atoms with Gasteiger partial charge < -0.3 is 4.90 Å². The molecule has 252 valence electrons. The van der Waals surface area contributed by atoms with Crippen molar-refractivity contribution >= 4 is 78.0 Å². The molecule has 0 aliphatic carbocycles. The average Bonchev–Trinajstić information content (AvgIpc) is 3.60. The molecule has 0 saturated carbocycles. The molecule has 0 N–H and O–H groups in total. The van der Waals surface area contributed by atoms with Gasteiger partial charge in [0.15, 0.2) is 11.3 Å². The van der Waals surface area contributed by atoms with Crippen LogP contribution in [0.4, 0.5) is 22.1 Å². The molecule has 0 fully saturated rings. The van der Waals surface area contributed by atoms with Crippen molar-refractivity contribution in [2.45, 2.75) is 0 Å². The Hall–Kier alpha value is -6.90. The van der Waals surface area contributed by atoms with Crippen molar-refractivity contribution in [2.75, 3.05) is 11.9 Å². The summed E-state index contributed by atoms with van der Waals surface area (Å²) in [6.07, 6.45) is 3.55. The second kappa shape index (κ2) is 13.7. The highest BCUT2D eigenvalue weighted by Gasteiger charge is 2.19. The zero-order valence-corrected chi connectivity index (χ0v) is 29.6. The summed E-state index contributed by atoms with van der Waals surface area (Å²) in [6, 6.07) is 50.0. The van der Waals surface area contributed by atoms with Crippen LogP contribution in [0.25, 0.3) is 54.7 Å². The fourth-order valence-electron chi connectivity index (χ4n) is 6.76. The van der Waals surface area contributed by atoms with Crippen molar-refractivity contribution in [3.8, 4) is 22.5 Å². The minimum atomic E-state index is 0.731. The van der Waals surface area contributed by atoms with E-state index in [0.29, 0.717) is 0 Å². The summed E-state index contributed by atoms with van der Waals surface area (Å²) >= 11 is 1.63. The summed E-state index contributed by atoms with van der Waals surface area (Å²) < 4.78 is 1.16. The van der Waals surface area contributed by atoms with E-state index in [1.807, 2.05) is 49.5 Å². The van der Waals surface area contributed by atoms with Crippen LogP contribution in [0.1, 0.15) is 11.1 Å². The third kappa shape index (κ3) is 6.01. The largest absolute Gasteiger partial charge is 0.311 e. The van der Waals surface area contributed by atoms with Crippen molar-refractivity contribution in [3.05, 3.63) is 169 Å². The molecule has 0 aliphatic rings. The topological polar surface area (TPSA) is 79.5 Å². The van der Waals surface area contributed by atoms with Gasteiger partial charge >= 0.3 is 0 Å². The maximum Gasteiger partial charge on any atom is 0.159 e. The maximum absolute atomic E-state index is 4.82. The quantitative estimate of drug-likeness (QED) is 0.147. The number of pyridine rings is 4. The van der Waals surface area contributed by atoms with Gasteiger partial charge in [-0.15, -0.1) is 11.3 Å². The molecule has 53 heavy (non-hydrogen) atoms. The van der Waals surface area contributed by atoms with Gasteiger partial charge in [0.1, 0.15) is 5.00 Å². The first-order valence-corrected chi connectivity index (χ1v) is 18.0. The van der Waals surface area contributed by atoms with E-state index in [-0.39, 0.29) is 0 Å². The Morgan fingerprint density at radius 3 is 1.64 bits per heavy atom. The van der Waals surface area contributed by atoms with Crippen molar-refractivity contribution in [3.63, 3.8) is 0 Å². The van der Waals surface area contributed by atoms with Crippen LogP contribution in [0.2, 0.25) is 0 Å². The molecule has 0 aliphatic heterocycles. The number of thiophene rings is 1. The summed E-state index contributed by atoms with van der Waals surface area (Å²) in [5.74, 6) is 0. The Morgan fingerprint density at radius 1 is 0.585 bits per heavy atom. The van der Waals surface area contributed by atoms with E-state index < -0.39 is 0 Å². The molecule has 0 amide bonds. The standard InChI is InChI=1S/C45H31N7S/c1-46-42(41-37-9-3-4-10-40(37)53-45(41)47-2)31-15-23-36(24-16-31)52(34-19-11-29(12-20-34)38-25-17-32-7-5-27-48-43(32)50-38)35-21-13-30(14-22-35)39-26-18-33-8-6-28-49-44(33)51-39/h3-28H,2H2,1H3/b46-42-. The summed E-state index contributed by atoms with van der Waals surface area (Å²) in [5.41, 5.74) is 11.2. The lowest BCUT2D eigenvalue weighted by atomic mass is 10.00. The molecule has 0 unspecified atom stereocenters. The summed E-state index contributed by atoms with van der Waals surface area (Å²) in [6.45, 7) is 3.86. The zero-order valence-electron chi connectivity index (χ0n) is 28.8. The molecule has 0 bridgehead atoms. The van der Waals surface area contributed by atoms with Gasteiger partial charge in [-0.05, 0) is 97.7 Å². The van der Waals surface area contributed by atoms with Gasteiger partial charge in [-0.1, -0.05) is 54.6 Å². The van der Waals surface area contributed by atoms with Gasteiger partial charge in [-0.3, -0.25) is 9.98 Å². The van der Waals surface area contributed by atoms with Gasteiger partial charge in [-0.2, -0.15) is 0 Å². The first-order valence-electron chi connectivity index (χ1n) is 17.2. The van der Waals surface area contributed by atoms with Crippen LogP contribution in [-0.2, 0) is 0 Å². The molecule has 5 heterocycles. The van der Waals surface area contributed by atoms with Crippen molar-refractivity contribution in [2.24, 2.45) is 9.98 Å². The molecule has 8 heteroatoms. The third-order valence-corrected chi connectivity index (χ3v) is 10.5. The molecular formula is C45H31N7S. The molecule has 9 aromatic rings. The Kier molecular flexibility index (Phi) is 8.26. The summed E-state index contributed by atoms with van der Waals surface area (Å²) in [7, 11) is 1.83. The van der Waals surface area contributed by atoms with Gasteiger partial charge in [0.2, 0.25) is 0 Å². The number of rotatable bonds is 8. The number of aromatic nitrogens is 4. The number of nitrogens with zero attached hydrogens (tertiary/aromatic N) is 7. The molecule has 7 nitrogen and oxygen atoms in total. The van der Waals surface area contributed by atoms with Crippen LogP contribution in [0.15, 0.2) is 168 Å². The molecule has 0 atom stereocenters. The van der Waals surface area contributed by atoms with Gasteiger partial charge in [0.25, 0.3) is 0 Å². The number of anilines is 3. The van der Waals surface area contributed by atoms with Crippen LogP contribution in [0.5, 0.6) is 0 Å². The van der Waals surface area contributed by atoms with Gasteiger partial charge in [-0.25, -0.2) is 19.9 Å². The van der Waals surface area contributed by atoms with Crippen molar-refractivity contribution in [1.82, 2.24) is 19.9 Å². The number of benzene rings is 4. The highest BCUT2D eigenvalue weighted by molar-refractivity contribution is 7.23.